The maximum absolute atomic E-state index is 11.7. The van der Waals surface area contributed by atoms with E-state index in [2.05, 4.69) is 15.0 Å². The highest BCUT2D eigenvalue weighted by molar-refractivity contribution is 5.03. The monoisotopic (exact) mass is 283 g/mol. The molecule has 3 N–H and O–H groups in total. The Morgan fingerprint density at radius 1 is 1.70 bits per heavy atom. The molecule has 0 bridgehead atoms. The summed E-state index contributed by atoms with van der Waals surface area (Å²) in [7, 11) is 0. The standard InChI is InChI=1S/C10H13N5O5/c1-5-3-15(9(19)12-8(5)18)7-2-6(17)10(4-16,20-7)13-14-11/h3,6-7,16-17H,2,4H2,1H3,(H,12,18,19)/t6-,7+,10+/m1/s1. The van der Waals surface area contributed by atoms with E-state index in [0.29, 0.717) is 0 Å². The van der Waals surface area contributed by atoms with Gasteiger partial charge in [-0.25, -0.2) is 4.79 Å². The summed E-state index contributed by atoms with van der Waals surface area (Å²) in [6, 6.07) is 0. The van der Waals surface area contributed by atoms with E-state index in [1.165, 1.54) is 13.1 Å². The Kier molecular flexibility index (Phi) is 3.64. The minimum absolute atomic E-state index is 0.0645. The summed E-state index contributed by atoms with van der Waals surface area (Å²) in [4.78, 5) is 27.6. The Morgan fingerprint density at radius 2 is 2.40 bits per heavy atom. The van der Waals surface area contributed by atoms with E-state index in [-0.39, 0.29) is 12.0 Å². The molecule has 0 spiro atoms. The number of hydrogen-bond donors (Lipinski definition) is 3. The number of hydrogen-bond acceptors (Lipinski definition) is 6. The highest BCUT2D eigenvalue weighted by Crippen LogP contribution is 2.37. The van der Waals surface area contributed by atoms with Crippen molar-refractivity contribution in [1.29, 1.82) is 0 Å². The van der Waals surface area contributed by atoms with Crippen LogP contribution < -0.4 is 11.2 Å². The van der Waals surface area contributed by atoms with Gasteiger partial charge in [-0.2, -0.15) is 0 Å². The molecule has 20 heavy (non-hydrogen) atoms. The van der Waals surface area contributed by atoms with Crippen LogP contribution in [0, 0.1) is 6.92 Å². The molecule has 0 unspecified atom stereocenters. The van der Waals surface area contributed by atoms with Gasteiger partial charge in [-0.1, -0.05) is 5.11 Å². The van der Waals surface area contributed by atoms with E-state index in [0.717, 1.165) is 4.57 Å². The molecule has 1 aliphatic rings. The number of H-pyrrole nitrogens is 1. The summed E-state index contributed by atoms with van der Waals surface area (Å²) in [6.07, 6.45) is -1.01. The molecule has 1 fully saturated rings. The summed E-state index contributed by atoms with van der Waals surface area (Å²) in [5.74, 6) is 0. The van der Waals surface area contributed by atoms with Crippen molar-refractivity contribution in [3.05, 3.63) is 43.0 Å². The lowest BCUT2D eigenvalue weighted by atomic mass is 10.1. The third-order valence-electron chi connectivity index (χ3n) is 3.18. The zero-order valence-corrected chi connectivity index (χ0v) is 10.6. The van der Waals surface area contributed by atoms with Crippen molar-refractivity contribution in [1.82, 2.24) is 9.55 Å². The molecule has 1 aliphatic heterocycles. The largest absolute Gasteiger partial charge is 0.393 e. The smallest absolute Gasteiger partial charge is 0.330 e. The number of nitrogens with zero attached hydrogens (tertiary/aromatic N) is 4. The van der Waals surface area contributed by atoms with Crippen molar-refractivity contribution < 1.29 is 14.9 Å². The average Bonchev–Trinajstić information content (AvgIpc) is 2.72. The Bertz CT molecular complexity index is 675. The Morgan fingerprint density at radius 3 is 3.00 bits per heavy atom. The van der Waals surface area contributed by atoms with E-state index >= 15 is 0 Å². The van der Waals surface area contributed by atoms with Crippen molar-refractivity contribution in [3.8, 4) is 0 Å². The summed E-state index contributed by atoms with van der Waals surface area (Å²) >= 11 is 0. The number of azide groups is 1. The first-order valence-electron chi connectivity index (χ1n) is 5.78. The molecule has 0 radical (unpaired) electrons. The maximum atomic E-state index is 11.7. The molecule has 0 amide bonds. The van der Waals surface area contributed by atoms with Crippen LogP contribution in [0.2, 0.25) is 0 Å². The lowest BCUT2D eigenvalue weighted by Crippen LogP contribution is -2.41. The van der Waals surface area contributed by atoms with Crippen molar-refractivity contribution in [2.24, 2.45) is 5.11 Å². The molecule has 0 aromatic carbocycles. The SMILES string of the molecule is Cc1cn([C@@H]2C[C@@H](O)[C@@](CO)(N=[N+]=[N-])O2)c(=O)[nH]c1=O. The molecule has 10 heteroatoms. The first-order chi connectivity index (χ1) is 9.43. The number of aromatic amines is 1. The zero-order valence-electron chi connectivity index (χ0n) is 10.6. The molecule has 1 aromatic rings. The van der Waals surface area contributed by atoms with Gasteiger partial charge in [0.1, 0.15) is 6.23 Å². The third-order valence-corrected chi connectivity index (χ3v) is 3.18. The van der Waals surface area contributed by atoms with Crippen molar-refractivity contribution in [3.63, 3.8) is 0 Å². The molecule has 2 rings (SSSR count). The second kappa shape index (κ2) is 5.10. The van der Waals surface area contributed by atoms with Gasteiger partial charge in [-0.3, -0.25) is 14.3 Å². The molecule has 1 saturated heterocycles. The number of aromatic nitrogens is 2. The number of aryl methyl sites for hydroxylation is 1. The highest BCUT2D eigenvalue weighted by Gasteiger charge is 2.48. The molecule has 0 aliphatic carbocycles. The van der Waals surface area contributed by atoms with Crippen molar-refractivity contribution >= 4 is 0 Å². The minimum Gasteiger partial charge on any atom is -0.393 e. The molecule has 3 atom stereocenters. The van der Waals surface area contributed by atoms with Gasteiger partial charge in [0.15, 0.2) is 5.72 Å². The van der Waals surface area contributed by atoms with E-state index in [1.54, 1.807) is 0 Å². The van der Waals surface area contributed by atoms with Gasteiger partial charge in [-0.15, -0.1) is 0 Å². The predicted molar refractivity (Wildman–Crippen MR) is 65.8 cm³/mol. The molecule has 1 aromatic heterocycles. The Labute approximate surface area is 111 Å². The van der Waals surface area contributed by atoms with Crippen LogP contribution >= 0.6 is 0 Å². The third kappa shape index (κ3) is 2.21. The molecule has 2 heterocycles. The van der Waals surface area contributed by atoms with E-state index in [9.17, 15) is 19.8 Å². The fourth-order valence-corrected chi connectivity index (χ4v) is 2.05. The van der Waals surface area contributed by atoms with Crippen molar-refractivity contribution in [2.75, 3.05) is 6.61 Å². The van der Waals surface area contributed by atoms with Crippen LogP contribution in [0.25, 0.3) is 10.4 Å². The number of ether oxygens (including phenoxy) is 1. The zero-order chi connectivity index (χ0) is 14.9. The lowest BCUT2D eigenvalue weighted by molar-refractivity contribution is -0.124. The van der Waals surface area contributed by atoms with E-state index < -0.39 is 35.9 Å². The van der Waals surface area contributed by atoms with Gasteiger partial charge in [0.05, 0.1) is 12.7 Å². The highest BCUT2D eigenvalue weighted by atomic mass is 16.6. The predicted octanol–water partition coefficient (Wildman–Crippen LogP) is -0.876. The minimum atomic E-state index is -1.83. The van der Waals surface area contributed by atoms with E-state index in [1.807, 2.05) is 0 Å². The van der Waals surface area contributed by atoms with Crippen LogP contribution in [-0.4, -0.2) is 38.2 Å². The number of aliphatic hydroxyl groups is 2. The first-order valence-corrected chi connectivity index (χ1v) is 5.78. The average molecular weight is 283 g/mol. The van der Waals surface area contributed by atoms with Crippen LogP contribution in [0.5, 0.6) is 0 Å². The van der Waals surface area contributed by atoms with Crippen LogP contribution in [-0.2, 0) is 4.74 Å². The number of rotatable bonds is 3. The number of aliphatic hydroxyl groups excluding tert-OH is 2. The summed E-state index contributed by atoms with van der Waals surface area (Å²) in [5, 5.41) is 22.4. The molecule has 10 nitrogen and oxygen atoms in total. The fraction of sp³-hybridized carbons (Fsp3) is 0.600. The Balaban J connectivity index is 2.43. The normalized spacial score (nSPS) is 29.1. The summed E-state index contributed by atoms with van der Waals surface area (Å²) < 4.78 is 6.41. The lowest BCUT2D eigenvalue weighted by Gasteiger charge is -2.24. The summed E-state index contributed by atoms with van der Waals surface area (Å²) in [6.45, 7) is 0.776. The van der Waals surface area contributed by atoms with Gasteiger partial charge in [0.2, 0.25) is 0 Å². The van der Waals surface area contributed by atoms with Gasteiger partial charge >= 0.3 is 5.69 Å². The van der Waals surface area contributed by atoms with Crippen molar-refractivity contribution in [2.45, 2.75) is 31.4 Å². The molecule has 0 saturated carbocycles. The van der Waals surface area contributed by atoms with Crippen LogP contribution in [0.3, 0.4) is 0 Å². The molecule has 108 valence electrons. The van der Waals surface area contributed by atoms with E-state index in [4.69, 9.17) is 10.3 Å². The van der Waals surface area contributed by atoms with Crippen LogP contribution in [0.4, 0.5) is 0 Å². The molecular weight excluding hydrogens is 270 g/mol. The topological polar surface area (TPSA) is 153 Å². The number of nitrogens with one attached hydrogen (secondary N) is 1. The fourth-order valence-electron chi connectivity index (χ4n) is 2.05. The van der Waals surface area contributed by atoms with Crippen LogP contribution in [0.1, 0.15) is 18.2 Å². The second-order valence-electron chi connectivity index (χ2n) is 4.50. The van der Waals surface area contributed by atoms with Crippen LogP contribution in [0.15, 0.2) is 20.9 Å². The maximum Gasteiger partial charge on any atom is 0.330 e. The Hall–Kier alpha value is -2.13. The quantitative estimate of drug-likeness (QED) is 0.373. The van der Waals surface area contributed by atoms with Gasteiger partial charge < -0.3 is 14.9 Å². The van der Waals surface area contributed by atoms with Gasteiger partial charge in [-0.05, 0) is 12.5 Å². The van der Waals surface area contributed by atoms with Gasteiger partial charge in [0.25, 0.3) is 5.56 Å². The summed E-state index contributed by atoms with van der Waals surface area (Å²) in [5.41, 5.74) is 5.69. The molecular formula is C10H13N5O5. The second-order valence-corrected chi connectivity index (χ2v) is 4.50. The first kappa shape index (κ1) is 14.3. The van der Waals surface area contributed by atoms with Gasteiger partial charge in [0, 0.05) is 23.1 Å².